The third kappa shape index (κ3) is 4.65. The van der Waals surface area contributed by atoms with Gasteiger partial charge in [0, 0.05) is 11.1 Å². The van der Waals surface area contributed by atoms with E-state index in [-0.39, 0.29) is 11.7 Å². The highest BCUT2D eigenvalue weighted by molar-refractivity contribution is 6.11. The van der Waals surface area contributed by atoms with E-state index in [1.807, 2.05) is 36.4 Å². The number of unbranched alkanes of at least 4 members (excludes halogenated alkanes) is 1. The molecule has 0 spiro atoms. The van der Waals surface area contributed by atoms with Gasteiger partial charge in [0.25, 0.3) is 0 Å². The van der Waals surface area contributed by atoms with Crippen LogP contribution in [-0.4, -0.2) is 16.9 Å². The van der Waals surface area contributed by atoms with Crippen LogP contribution in [0.4, 0.5) is 0 Å². The second kappa shape index (κ2) is 8.98. The maximum Gasteiger partial charge on any atom is 0.306 e. The monoisotopic (exact) mass is 364 g/mol. The fourth-order valence-electron chi connectivity index (χ4n) is 4.00. The van der Waals surface area contributed by atoms with Gasteiger partial charge in [-0.25, -0.2) is 0 Å². The minimum atomic E-state index is -0.672. The van der Waals surface area contributed by atoms with Crippen molar-refractivity contribution in [3.8, 4) is 0 Å². The highest BCUT2D eigenvalue weighted by atomic mass is 16.4. The number of carboxylic acids is 1. The van der Waals surface area contributed by atoms with Gasteiger partial charge in [-0.15, -0.1) is 0 Å². The predicted molar refractivity (Wildman–Crippen MR) is 107 cm³/mol. The molecule has 2 aromatic rings. The number of hydrogen-bond acceptors (Lipinski definition) is 2. The van der Waals surface area contributed by atoms with Crippen molar-refractivity contribution in [1.29, 1.82) is 0 Å². The Morgan fingerprint density at radius 2 is 1.70 bits per heavy atom. The summed E-state index contributed by atoms with van der Waals surface area (Å²) in [6, 6.07) is 14.0. The first-order valence-electron chi connectivity index (χ1n) is 10.1. The molecule has 0 saturated carbocycles. The van der Waals surface area contributed by atoms with Gasteiger partial charge < -0.3 is 5.11 Å². The van der Waals surface area contributed by atoms with E-state index in [2.05, 4.69) is 13.0 Å². The molecule has 2 aromatic carbocycles. The number of carbonyl (C=O) groups is 2. The zero-order valence-electron chi connectivity index (χ0n) is 16.0. The van der Waals surface area contributed by atoms with Gasteiger partial charge in [0.2, 0.25) is 0 Å². The molecule has 0 radical (unpaired) electrons. The Labute approximate surface area is 161 Å². The largest absolute Gasteiger partial charge is 0.481 e. The summed E-state index contributed by atoms with van der Waals surface area (Å²) in [5.74, 6) is -0.786. The molecule has 3 rings (SSSR count). The van der Waals surface area contributed by atoms with Gasteiger partial charge in [0.15, 0.2) is 5.78 Å². The molecule has 3 heteroatoms. The maximum absolute atomic E-state index is 12.9. The van der Waals surface area contributed by atoms with Crippen molar-refractivity contribution < 1.29 is 14.7 Å². The van der Waals surface area contributed by atoms with Crippen molar-refractivity contribution >= 4 is 11.8 Å². The third-order valence-corrected chi connectivity index (χ3v) is 5.61. The van der Waals surface area contributed by atoms with Crippen LogP contribution >= 0.6 is 0 Å². The average molecular weight is 364 g/mol. The lowest BCUT2D eigenvalue weighted by Gasteiger charge is -2.12. The van der Waals surface area contributed by atoms with Crippen LogP contribution in [0, 0.1) is 5.92 Å². The summed E-state index contributed by atoms with van der Waals surface area (Å²) in [6.07, 6.45) is 6.98. The van der Waals surface area contributed by atoms with Gasteiger partial charge in [-0.1, -0.05) is 62.2 Å². The van der Waals surface area contributed by atoms with E-state index in [4.69, 9.17) is 0 Å². The van der Waals surface area contributed by atoms with Gasteiger partial charge in [-0.3, -0.25) is 9.59 Å². The van der Waals surface area contributed by atoms with Crippen molar-refractivity contribution in [3.63, 3.8) is 0 Å². The first-order chi connectivity index (χ1) is 13.1. The van der Waals surface area contributed by atoms with Crippen LogP contribution in [0.15, 0.2) is 42.5 Å². The van der Waals surface area contributed by atoms with Gasteiger partial charge in [0.05, 0.1) is 5.92 Å². The molecule has 1 aliphatic carbocycles. The van der Waals surface area contributed by atoms with Crippen LogP contribution < -0.4 is 0 Å². The molecule has 1 aliphatic rings. The Balaban J connectivity index is 1.67. The smallest absolute Gasteiger partial charge is 0.306 e. The fourth-order valence-corrected chi connectivity index (χ4v) is 4.00. The zero-order valence-corrected chi connectivity index (χ0v) is 16.0. The van der Waals surface area contributed by atoms with Crippen LogP contribution in [-0.2, 0) is 24.1 Å². The van der Waals surface area contributed by atoms with E-state index in [0.29, 0.717) is 0 Å². The molecular formula is C24H28O3. The summed E-state index contributed by atoms with van der Waals surface area (Å²) < 4.78 is 0. The second-order valence-electron chi connectivity index (χ2n) is 7.55. The molecule has 3 nitrogen and oxygen atoms in total. The number of hydrogen-bond donors (Lipinski definition) is 1. The summed E-state index contributed by atoms with van der Waals surface area (Å²) in [5.41, 5.74) is 5.08. The van der Waals surface area contributed by atoms with Gasteiger partial charge in [-0.2, -0.15) is 0 Å². The van der Waals surface area contributed by atoms with Crippen molar-refractivity contribution in [2.45, 2.75) is 58.3 Å². The predicted octanol–water partition coefficient (Wildman–Crippen LogP) is 5.23. The number of benzene rings is 2. The molecule has 0 fully saturated rings. The minimum Gasteiger partial charge on any atom is -0.481 e. The molecule has 0 heterocycles. The van der Waals surface area contributed by atoms with E-state index in [0.717, 1.165) is 73.6 Å². The molecule has 1 atom stereocenters. The highest BCUT2D eigenvalue weighted by Gasteiger charge is 2.21. The van der Waals surface area contributed by atoms with Crippen LogP contribution in [0.5, 0.6) is 0 Å². The summed E-state index contributed by atoms with van der Waals surface area (Å²) in [5, 5.41) is 9.36. The Morgan fingerprint density at radius 3 is 2.48 bits per heavy atom. The van der Waals surface area contributed by atoms with Crippen LogP contribution in [0.25, 0.3) is 0 Å². The SMILES string of the molecule is CCCCC(CCCc1ccc2c(c1)CCc1ccccc1C2=O)C(=O)O. The number of ketones is 1. The lowest BCUT2D eigenvalue weighted by atomic mass is 9.93. The Kier molecular flexibility index (Phi) is 6.44. The first kappa shape index (κ1) is 19.3. The molecule has 0 saturated heterocycles. The lowest BCUT2D eigenvalue weighted by Crippen LogP contribution is -2.14. The summed E-state index contributed by atoms with van der Waals surface area (Å²) in [7, 11) is 0. The second-order valence-corrected chi connectivity index (χ2v) is 7.55. The lowest BCUT2D eigenvalue weighted by molar-refractivity contribution is -0.142. The summed E-state index contributed by atoms with van der Waals surface area (Å²) in [4.78, 5) is 24.2. The Morgan fingerprint density at radius 1 is 1.00 bits per heavy atom. The molecule has 0 amide bonds. The van der Waals surface area contributed by atoms with E-state index in [1.165, 1.54) is 5.56 Å². The number of aliphatic carboxylic acids is 1. The standard InChI is InChI=1S/C24H28O3/c1-2-3-8-19(24(26)27)10-6-7-17-12-15-22-20(16-17)14-13-18-9-4-5-11-21(18)23(22)25/h4-5,9,11-12,15-16,19H,2-3,6-8,10,13-14H2,1H3,(H,26,27). The van der Waals surface area contributed by atoms with E-state index in [9.17, 15) is 14.7 Å². The number of carboxylic acid groups (broad SMARTS) is 1. The summed E-state index contributed by atoms with van der Waals surface area (Å²) >= 11 is 0. The molecule has 0 aliphatic heterocycles. The van der Waals surface area contributed by atoms with Crippen LogP contribution in [0.1, 0.15) is 71.6 Å². The maximum atomic E-state index is 12.9. The Hall–Kier alpha value is -2.42. The van der Waals surface area contributed by atoms with Gasteiger partial charge in [0.1, 0.15) is 0 Å². The molecule has 142 valence electrons. The molecule has 0 aromatic heterocycles. The Bertz CT molecular complexity index is 822. The molecule has 27 heavy (non-hydrogen) atoms. The number of fused-ring (bicyclic) bond motifs is 2. The number of carbonyl (C=O) groups excluding carboxylic acids is 1. The summed E-state index contributed by atoms with van der Waals surface area (Å²) in [6.45, 7) is 2.09. The average Bonchev–Trinajstić information content (AvgIpc) is 2.81. The topological polar surface area (TPSA) is 54.4 Å². The minimum absolute atomic E-state index is 0.121. The van der Waals surface area contributed by atoms with E-state index < -0.39 is 5.97 Å². The first-order valence-corrected chi connectivity index (χ1v) is 10.1. The van der Waals surface area contributed by atoms with Crippen molar-refractivity contribution in [1.82, 2.24) is 0 Å². The van der Waals surface area contributed by atoms with Crippen LogP contribution in [0.3, 0.4) is 0 Å². The number of rotatable bonds is 8. The van der Waals surface area contributed by atoms with Gasteiger partial charge >= 0.3 is 5.97 Å². The third-order valence-electron chi connectivity index (χ3n) is 5.61. The molecule has 1 N–H and O–H groups in total. The molecule has 1 unspecified atom stereocenters. The van der Waals surface area contributed by atoms with E-state index >= 15 is 0 Å². The normalized spacial score (nSPS) is 14.2. The van der Waals surface area contributed by atoms with E-state index in [1.54, 1.807) is 0 Å². The fraction of sp³-hybridized carbons (Fsp3) is 0.417. The number of aryl methyl sites for hydroxylation is 3. The molecule has 0 bridgehead atoms. The molecular weight excluding hydrogens is 336 g/mol. The van der Waals surface area contributed by atoms with Gasteiger partial charge in [-0.05, 0) is 55.2 Å². The van der Waals surface area contributed by atoms with Crippen molar-refractivity contribution in [3.05, 3.63) is 70.3 Å². The zero-order chi connectivity index (χ0) is 19.2. The van der Waals surface area contributed by atoms with Crippen LogP contribution in [0.2, 0.25) is 0 Å². The quantitative estimate of drug-likeness (QED) is 0.698. The van der Waals surface area contributed by atoms with Crippen molar-refractivity contribution in [2.24, 2.45) is 5.92 Å². The highest BCUT2D eigenvalue weighted by Crippen LogP contribution is 2.26. The van der Waals surface area contributed by atoms with Crippen molar-refractivity contribution in [2.75, 3.05) is 0 Å².